The zero-order valence-electron chi connectivity index (χ0n) is 18.3. The van der Waals surface area contributed by atoms with Crippen LogP contribution in [0.2, 0.25) is 0 Å². The molecule has 0 aromatic heterocycles. The maximum absolute atomic E-state index is 15.3. The molecule has 2 heteroatoms. The number of benzene rings is 2. The molecule has 4 rings (SSSR count). The van der Waals surface area contributed by atoms with E-state index in [9.17, 15) is 0 Å². The second kappa shape index (κ2) is 9.81. The number of ether oxygens (including phenoxy) is 1. The van der Waals surface area contributed by atoms with Gasteiger partial charge in [-0.1, -0.05) is 36.9 Å². The van der Waals surface area contributed by atoms with Crippen LogP contribution in [0.15, 0.2) is 55.1 Å². The van der Waals surface area contributed by atoms with Gasteiger partial charge >= 0.3 is 0 Å². The van der Waals surface area contributed by atoms with Gasteiger partial charge in [0.15, 0.2) is 0 Å². The van der Waals surface area contributed by atoms with E-state index in [0.29, 0.717) is 17.9 Å². The lowest BCUT2D eigenvalue weighted by atomic mass is 9.68. The molecule has 2 aromatic carbocycles. The summed E-state index contributed by atoms with van der Waals surface area (Å²) in [6.07, 6.45) is 16.6. The molecule has 2 saturated carbocycles. The average Bonchev–Trinajstić information content (AvgIpc) is 2.79. The zero-order valence-corrected chi connectivity index (χ0v) is 18.3. The molecular formula is C28H35FO. The lowest BCUT2D eigenvalue weighted by Crippen LogP contribution is -2.25. The van der Waals surface area contributed by atoms with E-state index < -0.39 is 0 Å². The number of halogens is 1. The average molecular weight is 407 g/mol. The van der Waals surface area contributed by atoms with Crippen LogP contribution in [0.5, 0.6) is 5.75 Å². The summed E-state index contributed by atoms with van der Waals surface area (Å²) in [5.74, 6) is 3.64. The van der Waals surface area contributed by atoms with Crippen molar-refractivity contribution in [3.05, 3.63) is 66.5 Å². The second-order valence-corrected chi connectivity index (χ2v) is 9.26. The molecule has 2 aliphatic rings. The van der Waals surface area contributed by atoms with Crippen molar-refractivity contribution in [3.63, 3.8) is 0 Å². The van der Waals surface area contributed by atoms with Crippen molar-refractivity contribution >= 4 is 10.8 Å². The third-order valence-electron chi connectivity index (χ3n) is 7.48. The Kier molecular flexibility index (Phi) is 6.92. The van der Waals surface area contributed by atoms with E-state index in [2.05, 4.69) is 31.7 Å². The van der Waals surface area contributed by atoms with Crippen LogP contribution in [-0.2, 0) is 0 Å². The third kappa shape index (κ3) is 4.63. The van der Waals surface area contributed by atoms with Crippen LogP contribution in [0.4, 0.5) is 4.39 Å². The summed E-state index contributed by atoms with van der Waals surface area (Å²) >= 11 is 0. The molecule has 2 fully saturated rings. The predicted molar refractivity (Wildman–Crippen MR) is 125 cm³/mol. The van der Waals surface area contributed by atoms with Crippen LogP contribution >= 0.6 is 0 Å². The van der Waals surface area contributed by atoms with E-state index in [1.807, 2.05) is 24.3 Å². The van der Waals surface area contributed by atoms with Gasteiger partial charge in [-0.25, -0.2) is 4.39 Å². The first kappa shape index (κ1) is 21.2. The number of fused-ring (bicyclic) bond motifs is 1. The van der Waals surface area contributed by atoms with Crippen molar-refractivity contribution in [2.24, 2.45) is 17.8 Å². The monoisotopic (exact) mass is 406 g/mol. The predicted octanol–water partition coefficient (Wildman–Crippen LogP) is 8.20. The Labute approximate surface area is 181 Å². The minimum Gasteiger partial charge on any atom is -0.490 e. The first-order chi connectivity index (χ1) is 14.7. The van der Waals surface area contributed by atoms with Gasteiger partial charge in [-0.3, -0.25) is 0 Å². The van der Waals surface area contributed by atoms with Crippen LogP contribution in [-0.4, -0.2) is 6.61 Å². The lowest BCUT2D eigenvalue weighted by molar-refractivity contribution is 0.171. The summed E-state index contributed by atoms with van der Waals surface area (Å²) in [4.78, 5) is 0. The molecule has 160 valence electrons. The van der Waals surface area contributed by atoms with E-state index in [1.165, 1.54) is 38.5 Å². The van der Waals surface area contributed by atoms with Gasteiger partial charge in [-0.15, -0.1) is 0 Å². The fourth-order valence-electron chi connectivity index (χ4n) is 5.83. The van der Waals surface area contributed by atoms with E-state index >= 15 is 4.39 Å². The summed E-state index contributed by atoms with van der Waals surface area (Å²) in [7, 11) is 0. The second-order valence-electron chi connectivity index (χ2n) is 9.26. The number of allylic oxidation sites excluding steroid dienone is 2. The zero-order chi connectivity index (χ0) is 20.9. The van der Waals surface area contributed by atoms with E-state index in [1.54, 1.807) is 6.08 Å². The van der Waals surface area contributed by atoms with Crippen molar-refractivity contribution in [1.29, 1.82) is 0 Å². The highest BCUT2D eigenvalue weighted by Crippen LogP contribution is 2.45. The molecule has 0 amide bonds. The summed E-state index contributed by atoms with van der Waals surface area (Å²) < 4.78 is 20.9. The van der Waals surface area contributed by atoms with Gasteiger partial charge in [0, 0.05) is 5.39 Å². The van der Waals surface area contributed by atoms with Crippen LogP contribution in [0.3, 0.4) is 0 Å². The normalized spacial score (nSPS) is 27.4. The molecular weight excluding hydrogens is 371 g/mol. The van der Waals surface area contributed by atoms with Gasteiger partial charge in [0.25, 0.3) is 0 Å². The number of hydrogen-bond donors (Lipinski definition) is 0. The van der Waals surface area contributed by atoms with Gasteiger partial charge < -0.3 is 4.74 Å². The number of rotatable bonds is 6. The molecule has 0 spiro atoms. The fraction of sp³-hybridized carbons (Fsp3) is 0.500. The Hall–Kier alpha value is -2.09. The largest absolute Gasteiger partial charge is 0.490 e. The maximum Gasteiger partial charge on any atom is 0.134 e. The topological polar surface area (TPSA) is 9.23 Å². The molecule has 0 unspecified atom stereocenters. The third-order valence-corrected chi connectivity index (χ3v) is 7.48. The van der Waals surface area contributed by atoms with Crippen LogP contribution in [0, 0.1) is 23.6 Å². The van der Waals surface area contributed by atoms with Crippen LogP contribution in [0.1, 0.15) is 69.8 Å². The molecule has 0 N–H and O–H groups in total. The molecule has 2 aliphatic carbocycles. The van der Waals surface area contributed by atoms with E-state index in [-0.39, 0.29) is 5.82 Å². The quantitative estimate of drug-likeness (QED) is 0.439. The van der Waals surface area contributed by atoms with Gasteiger partial charge in [0.05, 0.1) is 0 Å². The van der Waals surface area contributed by atoms with Crippen molar-refractivity contribution in [1.82, 2.24) is 0 Å². The lowest BCUT2D eigenvalue weighted by Gasteiger charge is -2.37. The minimum absolute atomic E-state index is 0.0296. The maximum atomic E-state index is 15.3. The molecule has 0 bridgehead atoms. The SMILES string of the molecule is C=CCOc1ccc2c(F)c(C3CCC(C4CCC(/C=C/C)CC4)CC3)ccc2c1. The highest BCUT2D eigenvalue weighted by Gasteiger charge is 2.31. The van der Waals surface area contributed by atoms with E-state index in [4.69, 9.17) is 4.74 Å². The highest BCUT2D eigenvalue weighted by atomic mass is 19.1. The Morgan fingerprint density at radius 2 is 1.67 bits per heavy atom. The molecule has 0 atom stereocenters. The Morgan fingerprint density at radius 1 is 0.967 bits per heavy atom. The summed E-state index contributed by atoms with van der Waals surface area (Å²) in [6.45, 7) is 6.27. The minimum atomic E-state index is -0.0296. The Balaban J connectivity index is 1.39. The summed E-state index contributed by atoms with van der Waals surface area (Å²) in [6, 6.07) is 9.72. The van der Waals surface area contributed by atoms with Crippen molar-refractivity contribution in [2.45, 2.75) is 64.2 Å². The first-order valence-electron chi connectivity index (χ1n) is 11.8. The molecule has 0 aliphatic heterocycles. The van der Waals surface area contributed by atoms with Gasteiger partial charge in [0.2, 0.25) is 0 Å². The molecule has 2 aromatic rings. The molecule has 1 nitrogen and oxygen atoms in total. The van der Waals surface area contributed by atoms with Gasteiger partial charge in [-0.05, 0) is 111 Å². The molecule has 30 heavy (non-hydrogen) atoms. The van der Waals surface area contributed by atoms with Crippen LogP contribution in [0.25, 0.3) is 10.8 Å². The van der Waals surface area contributed by atoms with Gasteiger partial charge in [-0.2, -0.15) is 0 Å². The Morgan fingerprint density at radius 3 is 2.33 bits per heavy atom. The molecule has 0 saturated heterocycles. The Bertz CT molecular complexity index is 883. The van der Waals surface area contributed by atoms with E-state index in [0.717, 1.165) is 47.3 Å². The van der Waals surface area contributed by atoms with Crippen LogP contribution < -0.4 is 4.74 Å². The summed E-state index contributed by atoms with van der Waals surface area (Å²) in [5, 5.41) is 1.62. The molecule has 0 radical (unpaired) electrons. The van der Waals surface area contributed by atoms with Crippen molar-refractivity contribution < 1.29 is 9.13 Å². The smallest absolute Gasteiger partial charge is 0.134 e. The standard InChI is InChI=1S/C28H35FO/c1-3-5-20-6-8-21(9-7-20)22-10-12-23(13-11-22)26-16-14-24-19-25(30-18-4-2)15-17-27(24)28(26)29/h3-5,14-17,19-23H,2,6-13,18H2,1H3/b5-3+. The number of hydrogen-bond acceptors (Lipinski definition) is 1. The van der Waals surface area contributed by atoms with Crippen molar-refractivity contribution in [2.75, 3.05) is 6.61 Å². The first-order valence-corrected chi connectivity index (χ1v) is 11.8. The summed E-state index contributed by atoms with van der Waals surface area (Å²) in [5.41, 5.74) is 0.914. The molecule has 0 heterocycles. The highest BCUT2D eigenvalue weighted by molar-refractivity contribution is 5.85. The van der Waals surface area contributed by atoms with Gasteiger partial charge in [0.1, 0.15) is 18.2 Å². The fourth-order valence-corrected chi connectivity index (χ4v) is 5.83. The van der Waals surface area contributed by atoms with Crippen molar-refractivity contribution in [3.8, 4) is 5.75 Å².